The molecule has 1 saturated carbocycles. The summed E-state index contributed by atoms with van der Waals surface area (Å²) in [6.45, 7) is 7.87. The van der Waals surface area contributed by atoms with Crippen LogP contribution in [0.25, 0.3) is 0 Å². The predicted octanol–water partition coefficient (Wildman–Crippen LogP) is 2.09. The second kappa shape index (κ2) is 5.13. The van der Waals surface area contributed by atoms with Crippen molar-refractivity contribution in [1.82, 2.24) is 4.90 Å². The Morgan fingerprint density at radius 3 is 2.29 bits per heavy atom. The van der Waals surface area contributed by atoms with Crippen LogP contribution in [0.2, 0.25) is 0 Å². The minimum absolute atomic E-state index is 0.348. The Morgan fingerprint density at radius 1 is 1.29 bits per heavy atom. The van der Waals surface area contributed by atoms with Gasteiger partial charge in [-0.25, -0.2) is 0 Å². The van der Waals surface area contributed by atoms with Gasteiger partial charge in [-0.15, -0.1) is 0 Å². The zero-order valence-electron chi connectivity index (χ0n) is 10.2. The van der Waals surface area contributed by atoms with Gasteiger partial charge in [-0.05, 0) is 45.1 Å². The molecule has 84 valence electrons. The topological polar surface area (TPSA) is 29.3 Å². The normalized spacial score (nSPS) is 21.6. The standard InChI is InChI=1S/C12H26N2/c1-9(2)7-12(13)8-14(4)10(3)11-5-6-11/h9-12H,5-8,13H2,1-4H3. The average Bonchev–Trinajstić information content (AvgIpc) is 2.83. The molecule has 0 spiro atoms. The van der Waals surface area contributed by atoms with Crippen LogP contribution in [0.5, 0.6) is 0 Å². The number of likely N-dealkylation sites (N-methyl/N-ethyl adjacent to an activating group) is 1. The first kappa shape index (κ1) is 12.0. The number of nitrogens with two attached hydrogens (primary N) is 1. The van der Waals surface area contributed by atoms with Crippen LogP contribution in [0.1, 0.15) is 40.0 Å². The molecule has 0 bridgehead atoms. The van der Waals surface area contributed by atoms with Crippen LogP contribution < -0.4 is 5.73 Å². The van der Waals surface area contributed by atoms with E-state index < -0.39 is 0 Å². The smallest absolute Gasteiger partial charge is 0.0170 e. The van der Waals surface area contributed by atoms with E-state index in [1.54, 1.807) is 0 Å². The second-order valence-corrected chi connectivity index (χ2v) is 5.41. The van der Waals surface area contributed by atoms with Crippen LogP contribution in [0.15, 0.2) is 0 Å². The molecule has 2 atom stereocenters. The molecule has 0 aliphatic heterocycles. The largest absolute Gasteiger partial charge is 0.327 e. The van der Waals surface area contributed by atoms with Crippen LogP contribution in [0.4, 0.5) is 0 Å². The van der Waals surface area contributed by atoms with Crippen molar-refractivity contribution in [2.24, 2.45) is 17.6 Å². The van der Waals surface area contributed by atoms with Crippen LogP contribution in [-0.2, 0) is 0 Å². The van der Waals surface area contributed by atoms with E-state index in [0.29, 0.717) is 6.04 Å². The molecule has 0 radical (unpaired) electrons. The molecule has 0 saturated heterocycles. The molecular weight excluding hydrogens is 172 g/mol. The molecule has 1 aliphatic carbocycles. The number of nitrogens with zero attached hydrogens (tertiary/aromatic N) is 1. The van der Waals surface area contributed by atoms with Gasteiger partial charge in [0.1, 0.15) is 0 Å². The van der Waals surface area contributed by atoms with Crippen molar-refractivity contribution in [3.63, 3.8) is 0 Å². The fourth-order valence-corrected chi connectivity index (χ4v) is 2.15. The van der Waals surface area contributed by atoms with Gasteiger partial charge in [-0.1, -0.05) is 13.8 Å². The summed E-state index contributed by atoms with van der Waals surface area (Å²) in [6.07, 6.45) is 3.98. The van der Waals surface area contributed by atoms with Crippen LogP contribution in [0.3, 0.4) is 0 Å². The SMILES string of the molecule is CC(C)CC(N)CN(C)C(C)C1CC1. The van der Waals surface area contributed by atoms with Crippen molar-refractivity contribution >= 4 is 0 Å². The van der Waals surface area contributed by atoms with Gasteiger partial charge in [0.15, 0.2) is 0 Å². The summed E-state index contributed by atoms with van der Waals surface area (Å²) < 4.78 is 0. The summed E-state index contributed by atoms with van der Waals surface area (Å²) in [5.41, 5.74) is 6.09. The number of hydrogen-bond donors (Lipinski definition) is 1. The van der Waals surface area contributed by atoms with Gasteiger partial charge in [0.25, 0.3) is 0 Å². The van der Waals surface area contributed by atoms with E-state index in [1.807, 2.05) is 0 Å². The lowest BCUT2D eigenvalue weighted by molar-refractivity contribution is 0.213. The van der Waals surface area contributed by atoms with Crippen molar-refractivity contribution in [3.8, 4) is 0 Å². The quantitative estimate of drug-likeness (QED) is 0.708. The zero-order valence-corrected chi connectivity index (χ0v) is 10.2. The van der Waals surface area contributed by atoms with Gasteiger partial charge < -0.3 is 10.6 Å². The van der Waals surface area contributed by atoms with Gasteiger partial charge in [0.05, 0.1) is 0 Å². The highest BCUT2D eigenvalue weighted by molar-refractivity contribution is 4.85. The molecule has 2 nitrogen and oxygen atoms in total. The Kier molecular flexibility index (Phi) is 4.39. The molecule has 0 amide bonds. The Bertz CT molecular complexity index is 164. The van der Waals surface area contributed by atoms with E-state index >= 15 is 0 Å². The molecule has 1 aliphatic rings. The first-order valence-electron chi connectivity index (χ1n) is 5.96. The summed E-state index contributed by atoms with van der Waals surface area (Å²) in [7, 11) is 2.21. The molecule has 1 rings (SSSR count). The summed E-state index contributed by atoms with van der Waals surface area (Å²) >= 11 is 0. The van der Waals surface area contributed by atoms with E-state index in [1.165, 1.54) is 12.8 Å². The monoisotopic (exact) mass is 198 g/mol. The maximum absolute atomic E-state index is 6.09. The molecule has 2 unspecified atom stereocenters. The molecule has 14 heavy (non-hydrogen) atoms. The van der Waals surface area contributed by atoms with Crippen LogP contribution in [0, 0.1) is 11.8 Å². The molecule has 0 aromatic rings. The van der Waals surface area contributed by atoms with Crippen LogP contribution in [-0.4, -0.2) is 30.6 Å². The molecule has 2 N–H and O–H groups in total. The highest BCUT2D eigenvalue weighted by Crippen LogP contribution is 2.34. The predicted molar refractivity (Wildman–Crippen MR) is 62.2 cm³/mol. The Hall–Kier alpha value is -0.0800. The lowest BCUT2D eigenvalue weighted by atomic mass is 10.0. The molecular formula is C12H26N2. The fourth-order valence-electron chi connectivity index (χ4n) is 2.15. The van der Waals surface area contributed by atoms with Gasteiger partial charge in [0, 0.05) is 18.6 Å². The summed E-state index contributed by atoms with van der Waals surface area (Å²) in [4.78, 5) is 2.44. The van der Waals surface area contributed by atoms with E-state index in [9.17, 15) is 0 Å². The van der Waals surface area contributed by atoms with Gasteiger partial charge in [-0.2, -0.15) is 0 Å². The van der Waals surface area contributed by atoms with Crippen molar-refractivity contribution < 1.29 is 0 Å². The minimum atomic E-state index is 0.348. The van der Waals surface area contributed by atoms with Gasteiger partial charge >= 0.3 is 0 Å². The van der Waals surface area contributed by atoms with Crippen molar-refractivity contribution in [2.45, 2.75) is 52.1 Å². The number of rotatable bonds is 6. The van der Waals surface area contributed by atoms with Gasteiger partial charge in [-0.3, -0.25) is 0 Å². The third-order valence-electron chi connectivity index (χ3n) is 3.30. The third kappa shape index (κ3) is 3.97. The van der Waals surface area contributed by atoms with Gasteiger partial charge in [0.2, 0.25) is 0 Å². The first-order chi connectivity index (χ1) is 6.50. The van der Waals surface area contributed by atoms with Crippen molar-refractivity contribution in [1.29, 1.82) is 0 Å². The lowest BCUT2D eigenvalue weighted by Crippen LogP contribution is -2.41. The number of hydrogen-bond acceptors (Lipinski definition) is 2. The van der Waals surface area contributed by atoms with E-state index in [4.69, 9.17) is 5.73 Å². The molecule has 0 aromatic heterocycles. The Morgan fingerprint density at radius 2 is 1.86 bits per heavy atom. The summed E-state index contributed by atoms with van der Waals surface area (Å²) in [6, 6.07) is 1.08. The van der Waals surface area contributed by atoms with E-state index in [0.717, 1.165) is 30.8 Å². The zero-order chi connectivity index (χ0) is 10.7. The molecule has 1 fully saturated rings. The summed E-state index contributed by atoms with van der Waals surface area (Å²) in [5.74, 6) is 1.67. The second-order valence-electron chi connectivity index (χ2n) is 5.41. The average molecular weight is 198 g/mol. The Balaban J connectivity index is 2.20. The van der Waals surface area contributed by atoms with Crippen molar-refractivity contribution in [2.75, 3.05) is 13.6 Å². The first-order valence-corrected chi connectivity index (χ1v) is 5.96. The highest BCUT2D eigenvalue weighted by atomic mass is 15.1. The van der Waals surface area contributed by atoms with Crippen LogP contribution >= 0.6 is 0 Å². The highest BCUT2D eigenvalue weighted by Gasteiger charge is 2.30. The molecule has 2 heteroatoms. The molecule has 0 aromatic carbocycles. The maximum Gasteiger partial charge on any atom is 0.0170 e. The van der Waals surface area contributed by atoms with Crippen molar-refractivity contribution in [3.05, 3.63) is 0 Å². The third-order valence-corrected chi connectivity index (χ3v) is 3.30. The van der Waals surface area contributed by atoms with E-state index in [2.05, 4.69) is 32.7 Å². The molecule has 0 heterocycles. The summed E-state index contributed by atoms with van der Waals surface area (Å²) in [5, 5.41) is 0. The lowest BCUT2D eigenvalue weighted by Gasteiger charge is -2.28. The van der Waals surface area contributed by atoms with E-state index in [-0.39, 0.29) is 0 Å². The maximum atomic E-state index is 6.09. The Labute approximate surface area is 88.8 Å². The minimum Gasteiger partial charge on any atom is -0.327 e. The fraction of sp³-hybridized carbons (Fsp3) is 1.00.